The number of benzene rings is 2. The number of anilines is 2. The highest BCUT2D eigenvalue weighted by Crippen LogP contribution is 2.24. The molecule has 0 saturated carbocycles. The molecular formula is C22H23N3O3. The molecule has 0 fully saturated rings. The summed E-state index contributed by atoms with van der Waals surface area (Å²) in [6.07, 6.45) is 1.61. The van der Waals surface area contributed by atoms with Crippen LogP contribution in [0.5, 0.6) is 11.5 Å². The first-order valence-electron chi connectivity index (χ1n) is 9.06. The van der Waals surface area contributed by atoms with Crippen LogP contribution in [0.1, 0.15) is 22.8 Å². The van der Waals surface area contributed by atoms with Crippen molar-refractivity contribution in [2.45, 2.75) is 13.5 Å². The van der Waals surface area contributed by atoms with Crippen molar-refractivity contribution >= 4 is 17.4 Å². The second-order valence-electron chi connectivity index (χ2n) is 5.98. The van der Waals surface area contributed by atoms with Crippen molar-refractivity contribution in [2.24, 2.45) is 0 Å². The fraction of sp³-hybridized carbons (Fsp3) is 0.182. The largest absolute Gasteiger partial charge is 0.496 e. The second-order valence-corrected chi connectivity index (χ2v) is 5.98. The molecule has 0 bridgehead atoms. The number of hydrogen-bond acceptors (Lipinski definition) is 5. The fourth-order valence-corrected chi connectivity index (χ4v) is 2.75. The van der Waals surface area contributed by atoms with Gasteiger partial charge in [-0.3, -0.25) is 4.79 Å². The molecule has 2 aromatic carbocycles. The third-order valence-corrected chi connectivity index (χ3v) is 4.11. The van der Waals surface area contributed by atoms with Gasteiger partial charge in [-0.25, -0.2) is 4.98 Å². The molecule has 0 spiro atoms. The number of para-hydroxylation sites is 3. The van der Waals surface area contributed by atoms with Gasteiger partial charge in [-0.15, -0.1) is 0 Å². The number of aromatic nitrogens is 1. The van der Waals surface area contributed by atoms with Crippen LogP contribution in [0.2, 0.25) is 0 Å². The third kappa shape index (κ3) is 4.79. The molecule has 3 rings (SSSR count). The second kappa shape index (κ2) is 9.41. The van der Waals surface area contributed by atoms with Crippen molar-refractivity contribution < 1.29 is 14.3 Å². The van der Waals surface area contributed by atoms with Crippen LogP contribution in [0.15, 0.2) is 66.9 Å². The average molecular weight is 377 g/mol. The predicted molar refractivity (Wildman–Crippen MR) is 110 cm³/mol. The lowest BCUT2D eigenvalue weighted by Gasteiger charge is -2.12. The Balaban J connectivity index is 1.70. The average Bonchev–Trinajstić information content (AvgIpc) is 2.74. The van der Waals surface area contributed by atoms with E-state index in [4.69, 9.17) is 9.47 Å². The van der Waals surface area contributed by atoms with E-state index in [1.165, 1.54) is 0 Å². The van der Waals surface area contributed by atoms with Gasteiger partial charge in [0.25, 0.3) is 5.91 Å². The van der Waals surface area contributed by atoms with Crippen molar-refractivity contribution in [3.63, 3.8) is 0 Å². The Morgan fingerprint density at radius 3 is 2.57 bits per heavy atom. The summed E-state index contributed by atoms with van der Waals surface area (Å²) in [6, 6.07) is 18.5. The van der Waals surface area contributed by atoms with E-state index >= 15 is 0 Å². The van der Waals surface area contributed by atoms with Gasteiger partial charge in [0.05, 0.1) is 19.4 Å². The zero-order chi connectivity index (χ0) is 19.8. The van der Waals surface area contributed by atoms with Crippen molar-refractivity contribution in [2.75, 3.05) is 24.4 Å². The van der Waals surface area contributed by atoms with Gasteiger partial charge >= 0.3 is 0 Å². The molecule has 6 heteroatoms. The number of rotatable bonds is 8. The predicted octanol–water partition coefficient (Wildman–Crippen LogP) is 4.35. The van der Waals surface area contributed by atoms with Crippen molar-refractivity contribution in [3.05, 3.63) is 78.0 Å². The first-order chi connectivity index (χ1) is 13.7. The Kier molecular flexibility index (Phi) is 6.46. The van der Waals surface area contributed by atoms with E-state index in [2.05, 4.69) is 15.6 Å². The van der Waals surface area contributed by atoms with Crippen LogP contribution in [0.3, 0.4) is 0 Å². The summed E-state index contributed by atoms with van der Waals surface area (Å²) >= 11 is 0. The highest BCUT2D eigenvalue weighted by Gasteiger charge is 2.11. The number of amides is 1. The Morgan fingerprint density at radius 1 is 1.04 bits per heavy atom. The highest BCUT2D eigenvalue weighted by molar-refractivity contribution is 6.05. The number of carbonyl (C=O) groups is 1. The van der Waals surface area contributed by atoms with Crippen LogP contribution < -0.4 is 20.1 Å². The summed E-state index contributed by atoms with van der Waals surface area (Å²) in [6.45, 7) is 2.97. The SMILES string of the molecule is CCOc1ccccc1NC(=O)c1ccnc(NCc2ccccc2OC)c1. The molecule has 1 amide bonds. The van der Waals surface area contributed by atoms with E-state index < -0.39 is 0 Å². The monoisotopic (exact) mass is 377 g/mol. The van der Waals surface area contributed by atoms with Gasteiger partial charge < -0.3 is 20.1 Å². The molecule has 0 aliphatic heterocycles. The molecule has 0 radical (unpaired) electrons. The maximum Gasteiger partial charge on any atom is 0.255 e. The Hall–Kier alpha value is -3.54. The summed E-state index contributed by atoms with van der Waals surface area (Å²) in [5, 5.41) is 6.12. The van der Waals surface area contributed by atoms with Gasteiger partial charge in [0.15, 0.2) is 0 Å². The molecule has 0 atom stereocenters. The Bertz CT molecular complexity index is 944. The Labute approximate surface area is 164 Å². The zero-order valence-electron chi connectivity index (χ0n) is 15.9. The van der Waals surface area contributed by atoms with Crippen LogP contribution >= 0.6 is 0 Å². The minimum Gasteiger partial charge on any atom is -0.496 e. The van der Waals surface area contributed by atoms with Crippen molar-refractivity contribution in [1.29, 1.82) is 0 Å². The van der Waals surface area contributed by atoms with Gasteiger partial charge in [0.2, 0.25) is 0 Å². The lowest BCUT2D eigenvalue weighted by atomic mass is 10.2. The molecule has 0 unspecified atom stereocenters. The molecule has 0 saturated heterocycles. The Morgan fingerprint density at radius 2 is 1.79 bits per heavy atom. The minimum atomic E-state index is -0.227. The first kappa shape index (κ1) is 19.2. The van der Waals surface area contributed by atoms with Gasteiger partial charge in [-0.2, -0.15) is 0 Å². The van der Waals surface area contributed by atoms with Crippen LogP contribution in [0.25, 0.3) is 0 Å². The van der Waals surface area contributed by atoms with E-state index in [1.54, 1.807) is 25.4 Å². The summed E-state index contributed by atoms with van der Waals surface area (Å²) in [7, 11) is 1.64. The lowest BCUT2D eigenvalue weighted by molar-refractivity contribution is 0.102. The van der Waals surface area contributed by atoms with Gasteiger partial charge in [-0.05, 0) is 37.3 Å². The number of methoxy groups -OCH3 is 1. The number of nitrogens with zero attached hydrogens (tertiary/aromatic N) is 1. The molecule has 6 nitrogen and oxygen atoms in total. The van der Waals surface area contributed by atoms with Crippen molar-refractivity contribution in [3.8, 4) is 11.5 Å². The summed E-state index contributed by atoms with van der Waals surface area (Å²) in [5.74, 6) is 1.82. The minimum absolute atomic E-state index is 0.227. The topological polar surface area (TPSA) is 72.5 Å². The maximum absolute atomic E-state index is 12.7. The third-order valence-electron chi connectivity index (χ3n) is 4.11. The summed E-state index contributed by atoms with van der Waals surface area (Å²) < 4.78 is 10.9. The van der Waals surface area contributed by atoms with Crippen molar-refractivity contribution in [1.82, 2.24) is 4.98 Å². The molecule has 28 heavy (non-hydrogen) atoms. The van der Waals surface area contributed by atoms with Crippen LogP contribution in [0, 0.1) is 0 Å². The molecule has 1 heterocycles. The summed E-state index contributed by atoms with van der Waals surface area (Å²) in [5.41, 5.74) is 2.14. The van der Waals surface area contributed by atoms with E-state index in [-0.39, 0.29) is 5.91 Å². The normalized spacial score (nSPS) is 10.2. The zero-order valence-corrected chi connectivity index (χ0v) is 15.9. The highest BCUT2D eigenvalue weighted by atomic mass is 16.5. The van der Waals surface area contributed by atoms with E-state index in [0.29, 0.717) is 36.0 Å². The van der Waals surface area contributed by atoms with Gasteiger partial charge in [0.1, 0.15) is 17.3 Å². The van der Waals surface area contributed by atoms with Crippen LogP contribution in [0.4, 0.5) is 11.5 Å². The number of pyridine rings is 1. The van der Waals surface area contributed by atoms with E-state index in [0.717, 1.165) is 11.3 Å². The molecule has 3 aromatic rings. The summed E-state index contributed by atoms with van der Waals surface area (Å²) in [4.78, 5) is 16.9. The molecule has 2 N–H and O–H groups in total. The lowest BCUT2D eigenvalue weighted by Crippen LogP contribution is -2.14. The van der Waals surface area contributed by atoms with E-state index in [1.807, 2.05) is 55.5 Å². The number of nitrogens with one attached hydrogen (secondary N) is 2. The van der Waals surface area contributed by atoms with Gasteiger partial charge in [-0.1, -0.05) is 30.3 Å². The number of carbonyl (C=O) groups excluding carboxylic acids is 1. The van der Waals surface area contributed by atoms with Gasteiger partial charge in [0, 0.05) is 23.9 Å². The number of hydrogen-bond donors (Lipinski definition) is 2. The molecule has 0 aliphatic carbocycles. The molecule has 1 aromatic heterocycles. The number of ether oxygens (including phenoxy) is 2. The fourth-order valence-electron chi connectivity index (χ4n) is 2.75. The molecule has 0 aliphatic rings. The molecular weight excluding hydrogens is 354 g/mol. The van der Waals surface area contributed by atoms with Crippen LogP contribution in [-0.2, 0) is 6.54 Å². The van der Waals surface area contributed by atoms with E-state index in [9.17, 15) is 4.79 Å². The molecule has 144 valence electrons. The van der Waals surface area contributed by atoms with Crippen LogP contribution in [-0.4, -0.2) is 24.6 Å². The quantitative estimate of drug-likeness (QED) is 0.610. The first-order valence-corrected chi connectivity index (χ1v) is 9.06. The smallest absolute Gasteiger partial charge is 0.255 e. The maximum atomic E-state index is 12.7. The standard InChI is InChI=1S/C22H23N3O3/c1-3-28-20-11-7-5-9-18(20)25-22(26)16-12-13-23-21(14-16)24-15-17-8-4-6-10-19(17)27-2/h4-14H,3,15H2,1-2H3,(H,23,24)(H,25,26).